The van der Waals surface area contributed by atoms with E-state index in [9.17, 15) is 9.90 Å². The predicted octanol–water partition coefficient (Wildman–Crippen LogP) is 3.76. The Kier molecular flexibility index (Phi) is 3.93. The van der Waals surface area contributed by atoms with Crippen molar-refractivity contribution in [1.29, 1.82) is 0 Å². The second-order valence-corrected chi connectivity index (χ2v) is 5.48. The molecule has 0 saturated carbocycles. The van der Waals surface area contributed by atoms with Crippen molar-refractivity contribution in [1.82, 2.24) is 0 Å². The van der Waals surface area contributed by atoms with Crippen molar-refractivity contribution >= 4 is 5.97 Å². The highest BCUT2D eigenvalue weighted by molar-refractivity contribution is 5.67. The van der Waals surface area contributed by atoms with Crippen LogP contribution in [0.3, 0.4) is 0 Å². The monoisotopic (exact) mass is 260 g/mol. The van der Waals surface area contributed by atoms with E-state index in [-0.39, 0.29) is 18.3 Å². The molecule has 0 spiro atoms. The summed E-state index contributed by atoms with van der Waals surface area (Å²) >= 11 is 0. The van der Waals surface area contributed by atoms with E-state index in [0.29, 0.717) is 5.76 Å². The molecule has 0 saturated heterocycles. The van der Waals surface area contributed by atoms with Gasteiger partial charge in [-0.1, -0.05) is 31.2 Å². The Labute approximate surface area is 113 Å². The van der Waals surface area contributed by atoms with Crippen molar-refractivity contribution in [3.8, 4) is 0 Å². The number of aliphatic hydroxyl groups excluding tert-OH is 1. The number of hydrogen-bond acceptors (Lipinski definition) is 2. The Balaban J connectivity index is 2.16. The van der Waals surface area contributed by atoms with Gasteiger partial charge in [0.05, 0.1) is 12.2 Å². The first-order valence-electron chi connectivity index (χ1n) is 6.67. The Morgan fingerprint density at radius 1 is 1.37 bits per heavy atom. The molecule has 2 aliphatic rings. The van der Waals surface area contributed by atoms with Crippen molar-refractivity contribution in [2.45, 2.75) is 33.1 Å². The summed E-state index contributed by atoms with van der Waals surface area (Å²) in [5.74, 6) is -0.0633. The maximum Gasteiger partial charge on any atom is 0.303 e. The highest BCUT2D eigenvalue weighted by Crippen LogP contribution is 2.35. The van der Waals surface area contributed by atoms with E-state index in [2.05, 4.69) is 6.08 Å². The number of hydrogen-bond donors (Lipinski definition) is 2. The molecule has 102 valence electrons. The lowest BCUT2D eigenvalue weighted by Gasteiger charge is -2.25. The molecule has 2 rings (SSSR count). The van der Waals surface area contributed by atoms with Gasteiger partial charge < -0.3 is 10.2 Å². The van der Waals surface area contributed by atoms with Crippen LogP contribution in [-0.4, -0.2) is 16.2 Å². The fraction of sp³-hybridized carbons (Fsp3) is 0.438. The third kappa shape index (κ3) is 3.16. The van der Waals surface area contributed by atoms with Gasteiger partial charge in [-0.15, -0.1) is 0 Å². The van der Waals surface area contributed by atoms with Crippen LogP contribution in [0, 0.1) is 11.8 Å². The van der Waals surface area contributed by atoms with Gasteiger partial charge in [0.2, 0.25) is 0 Å². The van der Waals surface area contributed by atoms with Crippen molar-refractivity contribution in [3.63, 3.8) is 0 Å². The van der Waals surface area contributed by atoms with E-state index < -0.39 is 5.97 Å². The van der Waals surface area contributed by atoms with E-state index in [4.69, 9.17) is 5.11 Å². The molecule has 19 heavy (non-hydrogen) atoms. The van der Waals surface area contributed by atoms with Gasteiger partial charge in [-0.25, -0.2) is 0 Å². The molecular weight excluding hydrogens is 240 g/mol. The van der Waals surface area contributed by atoms with Crippen molar-refractivity contribution in [2.24, 2.45) is 11.8 Å². The van der Waals surface area contributed by atoms with Crippen LogP contribution in [-0.2, 0) is 4.79 Å². The summed E-state index contributed by atoms with van der Waals surface area (Å²) in [6.07, 6.45) is 9.77. The Bertz CT molecular complexity index is 506. The van der Waals surface area contributed by atoms with Gasteiger partial charge in [0.15, 0.2) is 0 Å². The largest absolute Gasteiger partial charge is 0.512 e. The SMILES string of the molecule is CC1=C(O)C(C)CC(C2=CC=CC(CC(=O)O)C2)=C1. The number of carboxylic acid groups (broad SMARTS) is 1. The van der Waals surface area contributed by atoms with Crippen molar-refractivity contribution in [3.05, 3.63) is 46.8 Å². The molecule has 2 aliphatic carbocycles. The molecule has 2 unspecified atom stereocenters. The molecule has 0 fully saturated rings. The molecule has 2 atom stereocenters. The van der Waals surface area contributed by atoms with Crippen LogP contribution in [0.2, 0.25) is 0 Å². The van der Waals surface area contributed by atoms with Gasteiger partial charge in [0, 0.05) is 5.92 Å². The molecule has 0 bridgehead atoms. The molecule has 0 heterocycles. The van der Waals surface area contributed by atoms with Crippen molar-refractivity contribution < 1.29 is 15.0 Å². The van der Waals surface area contributed by atoms with Gasteiger partial charge in [0.25, 0.3) is 0 Å². The first-order valence-corrected chi connectivity index (χ1v) is 6.67. The normalized spacial score (nSPS) is 27.1. The number of allylic oxidation sites excluding steroid dienone is 8. The van der Waals surface area contributed by atoms with Gasteiger partial charge in [-0.2, -0.15) is 0 Å². The quantitative estimate of drug-likeness (QED) is 0.812. The van der Waals surface area contributed by atoms with Crippen LogP contribution < -0.4 is 0 Å². The topological polar surface area (TPSA) is 57.5 Å². The van der Waals surface area contributed by atoms with Crippen LogP contribution in [0.4, 0.5) is 0 Å². The summed E-state index contributed by atoms with van der Waals surface area (Å²) in [6.45, 7) is 3.93. The lowest BCUT2D eigenvalue weighted by Crippen LogP contribution is -2.13. The maximum absolute atomic E-state index is 10.8. The molecule has 0 amide bonds. The summed E-state index contributed by atoms with van der Waals surface area (Å²) in [5.41, 5.74) is 3.34. The zero-order valence-electron chi connectivity index (χ0n) is 11.4. The summed E-state index contributed by atoms with van der Waals surface area (Å²) in [5, 5.41) is 18.7. The van der Waals surface area contributed by atoms with E-state index in [1.54, 1.807) is 0 Å². The van der Waals surface area contributed by atoms with E-state index >= 15 is 0 Å². The lowest BCUT2D eigenvalue weighted by molar-refractivity contribution is -0.137. The number of carboxylic acids is 1. The fourth-order valence-corrected chi connectivity index (χ4v) is 2.78. The Morgan fingerprint density at radius 3 is 2.74 bits per heavy atom. The molecule has 0 aromatic rings. The minimum Gasteiger partial charge on any atom is -0.512 e. The Hall–Kier alpha value is -1.77. The highest BCUT2D eigenvalue weighted by Gasteiger charge is 2.22. The second kappa shape index (κ2) is 5.47. The second-order valence-electron chi connectivity index (χ2n) is 5.48. The maximum atomic E-state index is 10.8. The van der Waals surface area contributed by atoms with E-state index in [0.717, 1.165) is 18.4 Å². The zero-order valence-corrected chi connectivity index (χ0v) is 11.4. The van der Waals surface area contributed by atoms with Crippen LogP contribution in [0.5, 0.6) is 0 Å². The third-order valence-corrected chi connectivity index (χ3v) is 3.80. The van der Waals surface area contributed by atoms with Gasteiger partial charge in [-0.05, 0) is 42.4 Å². The van der Waals surface area contributed by atoms with Gasteiger partial charge in [0.1, 0.15) is 0 Å². The molecule has 0 aromatic heterocycles. The molecule has 0 aromatic carbocycles. The zero-order chi connectivity index (χ0) is 14.0. The first-order chi connectivity index (χ1) is 8.97. The molecule has 0 aliphatic heterocycles. The summed E-state index contributed by atoms with van der Waals surface area (Å²) in [4.78, 5) is 10.8. The minimum absolute atomic E-state index is 0.0773. The number of rotatable bonds is 3. The van der Waals surface area contributed by atoms with Crippen LogP contribution >= 0.6 is 0 Å². The molecular formula is C16H20O3. The smallest absolute Gasteiger partial charge is 0.303 e. The molecule has 0 radical (unpaired) electrons. The summed E-state index contributed by atoms with van der Waals surface area (Å²) in [6, 6.07) is 0. The highest BCUT2D eigenvalue weighted by atomic mass is 16.4. The fourth-order valence-electron chi connectivity index (χ4n) is 2.78. The third-order valence-electron chi connectivity index (χ3n) is 3.80. The van der Waals surface area contributed by atoms with Crippen LogP contribution in [0.25, 0.3) is 0 Å². The van der Waals surface area contributed by atoms with Crippen LogP contribution in [0.1, 0.15) is 33.1 Å². The predicted molar refractivity (Wildman–Crippen MR) is 74.8 cm³/mol. The summed E-state index contributed by atoms with van der Waals surface area (Å²) < 4.78 is 0. The number of aliphatic hydroxyl groups is 1. The Morgan fingerprint density at radius 2 is 2.11 bits per heavy atom. The molecule has 3 nitrogen and oxygen atoms in total. The number of carbonyl (C=O) groups is 1. The van der Waals surface area contributed by atoms with E-state index in [1.165, 1.54) is 11.1 Å². The van der Waals surface area contributed by atoms with Gasteiger partial charge in [-0.3, -0.25) is 4.79 Å². The summed E-state index contributed by atoms with van der Waals surface area (Å²) in [7, 11) is 0. The van der Waals surface area contributed by atoms with E-state index in [1.807, 2.05) is 32.1 Å². The first kappa shape index (κ1) is 13.7. The number of aliphatic carboxylic acids is 1. The van der Waals surface area contributed by atoms with Crippen LogP contribution in [0.15, 0.2) is 46.8 Å². The minimum atomic E-state index is -0.754. The van der Waals surface area contributed by atoms with Crippen molar-refractivity contribution in [2.75, 3.05) is 0 Å². The lowest BCUT2D eigenvalue weighted by atomic mass is 9.81. The molecule has 2 N–H and O–H groups in total. The standard InChI is InChI=1S/C16H20O3/c1-10-6-14(7-11(2)16(10)19)13-5-3-4-12(8-13)9-15(17)18/h3-6,11-12,19H,7-9H2,1-2H3,(H,17,18). The average Bonchev–Trinajstić information content (AvgIpc) is 2.35. The molecule has 3 heteroatoms. The van der Waals surface area contributed by atoms with Gasteiger partial charge >= 0.3 is 5.97 Å². The average molecular weight is 260 g/mol.